The molecule has 106 valence electrons. The monoisotopic (exact) mass is 284 g/mol. The predicted molar refractivity (Wildman–Crippen MR) is 75.8 cm³/mol. The van der Waals surface area contributed by atoms with Gasteiger partial charge in [0, 0.05) is 6.61 Å². The lowest BCUT2D eigenvalue weighted by molar-refractivity contribution is 0.0981. The molecule has 1 aromatic carbocycles. The molecule has 0 radical (unpaired) electrons. The van der Waals surface area contributed by atoms with Crippen molar-refractivity contribution in [1.29, 1.82) is 0 Å². The summed E-state index contributed by atoms with van der Waals surface area (Å²) in [5, 5.41) is 10.0. The van der Waals surface area contributed by atoms with Crippen molar-refractivity contribution < 1.29 is 14.6 Å². The summed E-state index contributed by atoms with van der Waals surface area (Å²) in [6, 6.07) is 5.41. The minimum atomic E-state index is -0.508. The Hall–Kier alpha value is -0.770. The van der Waals surface area contributed by atoms with Gasteiger partial charge in [-0.1, -0.05) is 17.7 Å². The van der Waals surface area contributed by atoms with E-state index in [1.807, 2.05) is 12.1 Å². The van der Waals surface area contributed by atoms with Crippen molar-refractivity contribution in [1.82, 2.24) is 0 Å². The molecule has 2 rings (SSSR count). The molecule has 1 fully saturated rings. The molecule has 1 N–H and O–H groups in total. The molecule has 1 saturated heterocycles. The minimum absolute atomic E-state index is 0.414. The van der Waals surface area contributed by atoms with Crippen LogP contribution in [0.1, 0.15) is 44.3 Å². The third-order valence-electron chi connectivity index (χ3n) is 3.39. The highest BCUT2D eigenvalue weighted by Crippen LogP contribution is 2.28. The number of ether oxygens (including phenoxy) is 2. The maximum Gasteiger partial charge on any atom is 0.137 e. The van der Waals surface area contributed by atoms with E-state index < -0.39 is 6.10 Å². The lowest BCUT2D eigenvalue weighted by atomic mass is 10.1. The number of hydrogen-bond donors (Lipinski definition) is 1. The molecule has 0 saturated carbocycles. The molecule has 0 spiro atoms. The molecule has 1 aromatic rings. The average molecular weight is 285 g/mol. The molecule has 1 aliphatic heterocycles. The molecule has 19 heavy (non-hydrogen) atoms. The van der Waals surface area contributed by atoms with Crippen molar-refractivity contribution in [2.75, 3.05) is 13.2 Å². The van der Waals surface area contributed by atoms with E-state index in [9.17, 15) is 5.11 Å². The number of aliphatic hydroxyl groups is 1. The highest BCUT2D eigenvalue weighted by atomic mass is 35.5. The molecule has 0 aliphatic carbocycles. The Kier molecular flexibility index (Phi) is 5.49. The Morgan fingerprint density at radius 1 is 1.53 bits per heavy atom. The van der Waals surface area contributed by atoms with Crippen LogP contribution in [0, 0.1) is 0 Å². The Bertz CT molecular complexity index is 400. The molecular weight excluding hydrogens is 264 g/mol. The SMILES string of the molecule is C[C@H](O)c1ccc(OCCCC2CCCO2)c(Cl)c1. The quantitative estimate of drug-likeness (QED) is 0.809. The van der Waals surface area contributed by atoms with Crippen molar-refractivity contribution in [2.24, 2.45) is 0 Å². The van der Waals surface area contributed by atoms with Crippen LogP contribution >= 0.6 is 11.6 Å². The lowest BCUT2D eigenvalue weighted by Gasteiger charge is -2.12. The second-order valence-electron chi connectivity index (χ2n) is 4.99. The highest BCUT2D eigenvalue weighted by molar-refractivity contribution is 6.32. The van der Waals surface area contributed by atoms with E-state index in [0.29, 0.717) is 23.5 Å². The van der Waals surface area contributed by atoms with E-state index >= 15 is 0 Å². The summed E-state index contributed by atoms with van der Waals surface area (Å²) in [6.45, 7) is 3.26. The van der Waals surface area contributed by atoms with E-state index in [1.54, 1.807) is 13.0 Å². The highest BCUT2D eigenvalue weighted by Gasteiger charge is 2.14. The van der Waals surface area contributed by atoms with Crippen LogP contribution in [0.4, 0.5) is 0 Å². The van der Waals surface area contributed by atoms with E-state index in [4.69, 9.17) is 21.1 Å². The fourth-order valence-electron chi connectivity index (χ4n) is 2.26. The Morgan fingerprint density at radius 2 is 2.37 bits per heavy atom. The van der Waals surface area contributed by atoms with E-state index in [1.165, 1.54) is 12.8 Å². The molecule has 1 unspecified atom stereocenters. The second-order valence-corrected chi connectivity index (χ2v) is 5.40. The van der Waals surface area contributed by atoms with Gasteiger partial charge in [-0.3, -0.25) is 0 Å². The normalized spacial score (nSPS) is 20.5. The van der Waals surface area contributed by atoms with E-state index in [0.717, 1.165) is 25.0 Å². The number of rotatable bonds is 6. The van der Waals surface area contributed by atoms with Crippen molar-refractivity contribution in [3.05, 3.63) is 28.8 Å². The first-order valence-corrected chi connectivity index (χ1v) is 7.26. The largest absolute Gasteiger partial charge is 0.492 e. The molecule has 1 aliphatic rings. The summed E-state index contributed by atoms with van der Waals surface area (Å²) >= 11 is 6.12. The molecule has 3 nitrogen and oxygen atoms in total. The van der Waals surface area contributed by atoms with Gasteiger partial charge in [0.25, 0.3) is 0 Å². The van der Waals surface area contributed by atoms with Crippen molar-refractivity contribution in [2.45, 2.75) is 44.8 Å². The van der Waals surface area contributed by atoms with Crippen molar-refractivity contribution in [3.63, 3.8) is 0 Å². The van der Waals surface area contributed by atoms with Gasteiger partial charge in [-0.05, 0) is 50.3 Å². The van der Waals surface area contributed by atoms with Gasteiger partial charge in [-0.2, -0.15) is 0 Å². The van der Waals surface area contributed by atoms with Gasteiger partial charge in [0.1, 0.15) is 5.75 Å². The summed E-state index contributed by atoms with van der Waals surface area (Å²) in [5.74, 6) is 0.679. The van der Waals surface area contributed by atoms with Gasteiger partial charge in [-0.15, -0.1) is 0 Å². The predicted octanol–water partition coefficient (Wildman–Crippen LogP) is 3.73. The summed E-state index contributed by atoms with van der Waals surface area (Å²) in [7, 11) is 0. The summed E-state index contributed by atoms with van der Waals surface area (Å²) < 4.78 is 11.2. The van der Waals surface area contributed by atoms with Crippen LogP contribution in [0.3, 0.4) is 0 Å². The Labute approximate surface area is 119 Å². The van der Waals surface area contributed by atoms with Crippen LogP contribution in [-0.2, 0) is 4.74 Å². The van der Waals surface area contributed by atoms with Crippen LogP contribution in [0.25, 0.3) is 0 Å². The van der Waals surface area contributed by atoms with E-state index in [-0.39, 0.29) is 0 Å². The third-order valence-corrected chi connectivity index (χ3v) is 3.69. The molecule has 0 aromatic heterocycles. The van der Waals surface area contributed by atoms with Gasteiger partial charge < -0.3 is 14.6 Å². The van der Waals surface area contributed by atoms with Gasteiger partial charge >= 0.3 is 0 Å². The van der Waals surface area contributed by atoms with Gasteiger partial charge in [-0.25, -0.2) is 0 Å². The fraction of sp³-hybridized carbons (Fsp3) is 0.600. The van der Waals surface area contributed by atoms with Crippen LogP contribution in [0.5, 0.6) is 5.75 Å². The first kappa shape index (κ1) is 14.6. The molecule has 0 bridgehead atoms. The number of aliphatic hydroxyl groups excluding tert-OH is 1. The fourth-order valence-corrected chi connectivity index (χ4v) is 2.50. The Morgan fingerprint density at radius 3 is 3.00 bits per heavy atom. The number of benzene rings is 1. The first-order valence-electron chi connectivity index (χ1n) is 6.88. The second kappa shape index (κ2) is 7.13. The first-order chi connectivity index (χ1) is 9.16. The summed E-state index contributed by atoms with van der Waals surface area (Å²) in [4.78, 5) is 0. The zero-order valence-corrected chi connectivity index (χ0v) is 12.0. The van der Waals surface area contributed by atoms with Gasteiger partial charge in [0.2, 0.25) is 0 Å². The molecular formula is C15H21ClO3. The van der Waals surface area contributed by atoms with Gasteiger partial charge in [0.15, 0.2) is 0 Å². The third kappa shape index (κ3) is 4.37. The van der Waals surface area contributed by atoms with Crippen molar-refractivity contribution in [3.8, 4) is 5.75 Å². The topological polar surface area (TPSA) is 38.7 Å². The van der Waals surface area contributed by atoms with Crippen LogP contribution in [-0.4, -0.2) is 24.4 Å². The van der Waals surface area contributed by atoms with Crippen LogP contribution in [0.2, 0.25) is 5.02 Å². The van der Waals surface area contributed by atoms with Crippen molar-refractivity contribution >= 4 is 11.6 Å². The van der Waals surface area contributed by atoms with Gasteiger partial charge in [0.05, 0.1) is 23.8 Å². The maximum absolute atomic E-state index is 9.46. The lowest BCUT2D eigenvalue weighted by Crippen LogP contribution is -2.07. The van der Waals surface area contributed by atoms with Crippen LogP contribution in [0.15, 0.2) is 18.2 Å². The zero-order chi connectivity index (χ0) is 13.7. The number of hydrogen-bond acceptors (Lipinski definition) is 3. The smallest absolute Gasteiger partial charge is 0.137 e. The maximum atomic E-state index is 9.46. The molecule has 2 atom stereocenters. The minimum Gasteiger partial charge on any atom is -0.492 e. The Balaban J connectivity index is 1.76. The molecule has 0 amide bonds. The average Bonchev–Trinajstić information content (AvgIpc) is 2.89. The molecule has 1 heterocycles. The number of halogens is 1. The molecule has 4 heteroatoms. The zero-order valence-electron chi connectivity index (χ0n) is 11.3. The summed E-state index contributed by atoms with van der Waals surface area (Å²) in [6.07, 6.45) is 4.27. The van der Waals surface area contributed by atoms with Crippen LogP contribution < -0.4 is 4.74 Å². The standard InChI is InChI=1S/C15H21ClO3/c1-11(17)12-6-7-15(14(16)10-12)19-9-3-5-13-4-2-8-18-13/h6-7,10-11,13,17H,2-5,8-9H2,1H3/t11-,13?/m0/s1. The summed E-state index contributed by atoms with van der Waals surface area (Å²) in [5.41, 5.74) is 0.803. The van der Waals surface area contributed by atoms with E-state index in [2.05, 4.69) is 0 Å².